The Morgan fingerprint density at radius 2 is 2.05 bits per heavy atom. The van der Waals surface area contributed by atoms with Crippen LogP contribution in [0.2, 0.25) is 0 Å². The number of H-pyrrole nitrogens is 1. The number of aromatic nitrogens is 2. The van der Waals surface area contributed by atoms with Gasteiger partial charge in [-0.25, -0.2) is 14.0 Å². The van der Waals surface area contributed by atoms with E-state index >= 15 is 0 Å². The van der Waals surface area contributed by atoms with Crippen molar-refractivity contribution in [3.8, 4) is 0 Å². The summed E-state index contributed by atoms with van der Waals surface area (Å²) in [5.74, 6) is -1.81. The molecule has 2 aromatic rings. The van der Waals surface area contributed by atoms with E-state index in [1.807, 2.05) is 4.98 Å². The van der Waals surface area contributed by atoms with Gasteiger partial charge in [0.2, 0.25) is 0 Å². The van der Waals surface area contributed by atoms with Crippen molar-refractivity contribution in [2.45, 2.75) is 6.54 Å². The number of rotatable bonds is 3. The van der Waals surface area contributed by atoms with Crippen LogP contribution in [0, 0.1) is 5.82 Å². The Kier molecular flexibility index (Phi) is 3.28. The van der Waals surface area contributed by atoms with Gasteiger partial charge in [0.15, 0.2) is 0 Å². The molecule has 0 spiro atoms. The number of carbonyl (C=O) groups is 1. The first-order valence-corrected chi connectivity index (χ1v) is 5.29. The van der Waals surface area contributed by atoms with Crippen molar-refractivity contribution in [2.75, 3.05) is 0 Å². The third-order valence-corrected chi connectivity index (χ3v) is 2.53. The van der Waals surface area contributed by atoms with E-state index in [1.54, 1.807) is 0 Å². The van der Waals surface area contributed by atoms with E-state index in [0.29, 0.717) is 0 Å². The molecule has 2 rings (SSSR count). The molecule has 0 fully saturated rings. The lowest BCUT2D eigenvalue weighted by Gasteiger charge is -2.07. The van der Waals surface area contributed by atoms with E-state index in [0.717, 1.165) is 28.8 Å². The zero-order valence-electron chi connectivity index (χ0n) is 9.59. The van der Waals surface area contributed by atoms with Crippen LogP contribution >= 0.6 is 0 Å². The van der Waals surface area contributed by atoms with Crippen LogP contribution in [0.5, 0.6) is 0 Å². The Labute approximate surface area is 105 Å². The van der Waals surface area contributed by atoms with Crippen molar-refractivity contribution >= 4 is 5.97 Å². The number of aromatic carboxylic acids is 1. The standard InChI is InChI=1S/C12H9FN2O4/c13-9-2-1-7(11(17)18)5-8(9)6-15-4-3-10(16)14-12(15)19/h1-5H,6H2,(H,17,18)(H,14,16,19). The van der Waals surface area contributed by atoms with Gasteiger partial charge in [0.1, 0.15) is 5.82 Å². The average Bonchev–Trinajstić information content (AvgIpc) is 2.34. The summed E-state index contributed by atoms with van der Waals surface area (Å²) in [7, 11) is 0. The van der Waals surface area contributed by atoms with Crippen LogP contribution in [0.1, 0.15) is 15.9 Å². The fourth-order valence-electron chi connectivity index (χ4n) is 1.58. The maximum atomic E-state index is 13.5. The Balaban J connectivity index is 2.42. The highest BCUT2D eigenvalue weighted by Crippen LogP contribution is 2.11. The summed E-state index contributed by atoms with van der Waals surface area (Å²) in [6.07, 6.45) is 1.22. The molecule has 0 unspecified atom stereocenters. The van der Waals surface area contributed by atoms with Crippen molar-refractivity contribution in [2.24, 2.45) is 0 Å². The molecule has 1 aromatic carbocycles. The van der Waals surface area contributed by atoms with Crippen molar-refractivity contribution in [3.05, 3.63) is 68.2 Å². The molecule has 19 heavy (non-hydrogen) atoms. The summed E-state index contributed by atoms with van der Waals surface area (Å²) in [5, 5.41) is 8.82. The maximum absolute atomic E-state index is 13.5. The lowest BCUT2D eigenvalue weighted by Crippen LogP contribution is -2.29. The molecule has 0 saturated heterocycles. The molecule has 0 saturated carbocycles. The van der Waals surface area contributed by atoms with Gasteiger partial charge in [0, 0.05) is 17.8 Å². The van der Waals surface area contributed by atoms with Crippen LogP contribution < -0.4 is 11.2 Å². The quantitative estimate of drug-likeness (QED) is 0.840. The number of benzene rings is 1. The Bertz CT molecular complexity index is 748. The van der Waals surface area contributed by atoms with Gasteiger partial charge in [0.05, 0.1) is 12.1 Å². The van der Waals surface area contributed by atoms with Crippen LogP contribution in [-0.2, 0) is 6.54 Å². The molecular formula is C12H9FN2O4. The minimum absolute atomic E-state index is 0.0500. The molecular weight excluding hydrogens is 255 g/mol. The lowest BCUT2D eigenvalue weighted by atomic mass is 10.1. The Hall–Kier alpha value is -2.70. The fourth-order valence-corrected chi connectivity index (χ4v) is 1.58. The van der Waals surface area contributed by atoms with E-state index in [-0.39, 0.29) is 17.7 Å². The lowest BCUT2D eigenvalue weighted by molar-refractivity contribution is 0.0696. The fraction of sp³-hybridized carbons (Fsp3) is 0.0833. The minimum Gasteiger partial charge on any atom is -0.478 e. The number of carboxylic acid groups (broad SMARTS) is 1. The zero-order chi connectivity index (χ0) is 14.0. The van der Waals surface area contributed by atoms with E-state index in [9.17, 15) is 18.8 Å². The first-order chi connectivity index (χ1) is 8.97. The van der Waals surface area contributed by atoms with Crippen molar-refractivity contribution in [1.29, 1.82) is 0 Å². The minimum atomic E-state index is -1.19. The van der Waals surface area contributed by atoms with E-state index < -0.39 is 23.0 Å². The summed E-state index contributed by atoms with van der Waals surface area (Å²) >= 11 is 0. The number of carboxylic acids is 1. The van der Waals surface area contributed by atoms with Crippen LogP contribution in [0.25, 0.3) is 0 Å². The number of nitrogens with zero attached hydrogens (tertiary/aromatic N) is 1. The van der Waals surface area contributed by atoms with Gasteiger partial charge in [-0.05, 0) is 18.2 Å². The predicted molar refractivity (Wildman–Crippen MR) is 63.8 cm³/mol. The first-order valence-electron chi connectivity index (χ1n) is 5.29. The van der Waals surface area contributed by atoms with Crippen molar-refractivity contribution in [1.82, 2.24) is 9.55 Å². The highest BCUT2D eigenvalue weighted by Gasteiger charge is 2.09. The van der Waals surface area contributed by atoms with Gasteiger partial charge in [-0.2, -0.15) is 0 Å². The molecule has 6 nitrogen and oxygen atoms in total. The monoisotopic (exact) mass is 264 g/mol. The summed E-state index contributed by atoms with van der Waals surface area (Å²) < 4.78 is 14.6. The number of hydrogen-bond donors (Lipinski definition) is 2. The highest BCUT2D eigenvalue weighted by atomic mass is 19.1. The van der Waals surface area contributed by atoms with Crippen LogP contribution in [0.15, 0.2) is 40.1 Å². The smallest absolute Gasteiger partial charge is 0.335 e. The van der Waals surface area contributed by atoms with Crippen molar-refractivity contribution in [3.63, 3.8) is 0 Å². The van der Waals surface area contributed by atoms with Gasteiger partial charge in [-0.3, -0.25) is 14.3 Å². The number of halogens is 1. The third kappa shape index (κ3) is 2.76. The summed E-state index contributed by atoms with van der Waals surface area (Å²) in [4.78, 5) is 35.1. The second-order valence-corrected chi connectivity index (χ2v) is 3.85. The van der Waals surface area contributed by atoms with Gasteiger partial charge < -0.3 is 5.11 Å². The topological polar surface area (TPSA) is 92.2 Å². The maximum Gasteiger partial charge on any atom is 0.335 e. The summed E-state index contributed by atoms with van der Waals surface area (Å²) in [6.45, 7) is -0.164. The van der Waals surface area contributed by atoms with Crippen LogP contribution in [0.4, 0.5) is 4.39 Å². The van der Waals surface area contributed by atoms with Crippen LogP contribution in [0.3, 0.4) is 0 Å². The van der Waals surface area contributed by atoms with E-state index in [2.05, 4.69) is 0 Å². The second kappa shape index (κ2) is 4.89. The summed E-state index contributed by atoms with van der Waals surface area (Å²) in [6, 6.07) is 4.43. The average molecular weight is 264 g/mol. The molecule has 0 aliphatic rings. The molecule has 0 aliphatic heterocycles. The summed E-state index contributed by atoms with van der Waals surface area (Å²) in [5.41, 5.74) is -1.27. The molecule has 0 atom stereocenters. The second-order valence-electron chi connectivity index (χ2n) is 3.85. The largest absolute Gasteiger partial charge is 0.478 e. The van der Waals surface area contributed by atoms with Crippen LogP contribution in [-0.4, -0.2) is 20.6 Å². The third-order valence-electron chi connectivity index (χ3n) is 2.53. The number of nitrogens with one attached hydrogen (secondary N) is 1. The normalized spacial score (nSPS) is 10.4. The van der Waals surface area contributed by atoms with E-state index in [1.165, 1.54) is 6.20 Å². The molecule has 0 aliphatic carbocycles. The first kappa shape index (κ1) is 12.7. The van der Waals surface area contributed by atoms with Gasteiger partial charge in [0.25, 0.3) is 5.56 Å². The Morgan fingerprint density at radius 3 is 2.68 bits per heavy atom. The van der Waals surface area contributed by atoms with E-state index in [4.69, 9.17) is 5.11 Å². The molecule has 0 bridgehead atoms. The Morgan fingerprint density at radius 1 is 1.32 bits per heavy atom. The van der Waals surface area contributed by atoms with Gasteiger partial charge >= 0.3 is 11.7 Å². The zero-order valence-corrected chi connectivity index (χ0v) is 9.59. The van der Waals surface area contributed by atoms with Crippen molar-refractivity contribution < 1.29 is 14.3 Å². The molecule has 1 heterocycles. The number of aromatic amines is 1. The molecule has 98 valence electrons. The highest BCUT2D eigenvalue weighted by molar-refractivity contribution is 5.87. The van der Waals surface area contributed by atoms with Gasteiger partial charge in [-0.15, -0.1) is 0 Å². The molecule has 7 heteroatoms. The molecule has 1 aromatic heterocycles. The van der Waals surface area contributed by atoms with Gasteiger partial charge in [-0.1, -0.05) is 0 Å². The molecule has 0 amide bonds. The number of hydrogen-bond acceptors (Lipinski definition) is 3. The predicted octanol–water partition coefficient (Wildman–Crippen LogP) is 0.422. The molecule has 0 radical (unpaired) electrons. The SMILES string of the molecule is O=C(O)c1ccc(F)c(Cn2ccc(=O)[nH]c2=O)c1. The molecule has 2 N–H and O–H groups in total.